The second kappa shape index (κ2) is 5.76. The fraction of sp³-hybridized carbons (Fsp3) is 0.333. The van der Waals surface area contributed by atoms with Crippen molar-refractivity contribution in [3.8, 4) is 0 Å². The van der Waals surface area contributed by atoms with Crippen LogP contribution in [0.1, 0.15) is 37.5 Å². The van der Waals surface area contributed by atoms with Crippen LogP contribution >= 0.6 is 0 Å². The van der Waals surface area contributed by atoms with Crippen molar-refractivity contribution in [3.05, 3.63) is 59.2 Å². The molecule has 0 bridgehead atoms. The van der Waals surface area contributed by atoms with Crippen LogP contribution in [0.2, 0.25) is 0 Å². The average Bonchev–Trinajstić information content (AvgIpc) is 2.42. The van der Waals surface area contributed by atoms with Gasteiger partial charge in [-0.1, -0.05) is 39.0 Å². The van der Waals surface area contributed by atoms with Gasteiger partial charge in [-0.25, -0.2) is 8.42 Å². The summed E-state index contributed by atoms with van der Waals surface area (Å²) in [5, 5.41) is 0. The summed E-state index contributed by atoms with van der Waals surface area (Å²) < 4.78 is 27.5. The Morgan fingerprint density at radius 1 is 0.864 bits per heavy atom. The molecule has 0 aliphatic heterocycles. The molecule has 2 aromatic carbocycles. The van der Waals surface area contributed by atoms with Gasteiger partial charge in [0, 0.05) is 5.69 Å². The van der Waals surface area contributed by atoms with E-state index in [0.717, 1.165) is 16.7 Å². The van der Waals surface area contributed by atoms with Crippen molar-refractivity contribution in [2.24, 2.45) is 0 Å². The lowest BCUT2D eigenvalue weighted by Crippen LogP contribution is -2.15. The topological polar surface area (TPSA) is 46.2 Å². The Kier molecular flexibility index (Phi) is 4.34. The van der Waals surface area contributed by atoms with Gasteiger partial charge in [-0.05, 0) is 60.2 Å². The predicted octanol–water partition coefficient (Wildman–Crippen LogP) is 4.40. The van der Waals surface area contributed by atoms with E-state index in [1.807, 2.05) is 38.1 Å². The summed E-state index contributed by atoms with van der Waals surface area (Å²) in [5.74, 6) is 0. The van der Waals surface area contributed by atoms with Crippen LogP contribution in [0, 0.1) is 13.8 Å². The number of hydrogen-bond acceptors (Lipinski definition) is 2. The van der Waals surface area contributed by atoms with E-state index in [0.29, 0.717) is 5.69 Å². The minimum Gasteiger partial charge on any atom is -0.280 e. The van der Waals surface area contributed by atoms with Crippen molar-refractivity contribution in [1.29, 1.82) is 0 Å². The minimum atomic E-state index is -3.56. The van der Waals surface area contributed by atoms with E-state index in [-0.39, 0.29) is 10.3 Å². The third-order valence-electron chi connectivity index (χ3n) is 3.79. The molecule has 0 heterocycles. The van der Waals surface area contributed by atoms with E-state index in [2.05, 4.69) is 25.5 Å². The molecular weight excluding hydrogens is 294 g/mol. The van der Waals surface area contributed by atoms with Gasteiger partial charge in [0.1, 0.15) is 0 Å². The van der Waals surface area contributed by atoms with Crippen LogP contribution in [0.3, 0.4) is 0 Å². The summed E-state index contributed by atoms with van der Waals surface area (Å²) in [5.41, 5.74) is 3.89. The molecule has 1 N–H and O–H groups in total. The highest BCUT2D eigenvalue weighted by Gasteiger charge is 2.17. The lowest BCUT2D eigenvalue weighted by Gasteiger charge is -2.19. The fourth-order valence-corrected chi connectivity index (χ4v) is 3.20. The molecule has 0 aromatic heterocycles. The molecule has 4 heteroatoms. The first-order valence-corrected chi connectivity index (χ1v) is 8.78. The SMILES string of the molecule is Cc1ccc(NS(=O)(=O)c2ccc(C(C)(C)C)cc2)cc1C. The highest BCUT2D eigenvalue weighted by atomic mass is 32.2. The van der Waals surface area contributed by atoms with E-state index >= 15 is 0 Å². The van der Waals surface area contributed by atoms with Crippen LogP contribution in [0.5, 0.6) is 0 Å². The van der Waals surface area contributed by atoms with Gasteiger partial charge in [0.15, 0.2) is 0 Å². The maximum Gasteiger partial charge on any atom is 0.261 e. The van der Waals surface area contributed by atoms with E-state index in [9.17, 15) is 8.42 Å². The molecule has 3 nitrogen and oxygen atoms in total. The van der Waals surface area contributed by atoms with Gasteiger partial charge in [-0.15, -0.1) is 0 Å². The van der Waals surface area contributed by atoms with E-state index in [4.69, 9.17) is 0 Å². The molecule has 0 atom stereocenters. The van der Waals surface area contributed by atoms with Crippen molar-refractivity contribution < 1.29 is 8.42 Å². The van der Waals surface area contributed by atoms with Crippen LogP contribution in [0.15, 0.2) is 47.4 Å². The lowest BCUT2D eigenvalue weighted by atomic mass is 9.87. The fourth-order valence-electron chi connectivity index (χ4n) is 2.15. The Hall–Kier alpha value is -1.81. The maximum absolute atomic E-state index is 12.4. The molecule has 118 valence electrons. The summed E-state index contributed by atoms with van der Waals surface area (Å²) in [6.45, 7) is 10.3. The molecular formula is C18H23NO2S. The van der Waals surface area contributed by atoms with Crippen molar-refractivity contribution in [2.75, 3.05) is 4.72 Å². The molecule has 22 heavy (non-hydrogen) atoms. The molecule has 0 radical (unpaired) electrons. The molecule has 0 unspecified atom stereocenters. The zero-order valence-electron chi connectivity index (χ0n) is 13.8. The number of benzene rings is 2. The molecule has 2 rings (SSSR count). The first kappa shape index (κ1) is 16.6. The summed E-state index contributed by atoms with van der Waals surface area (Å²) in [6.07, 6.45) is 0. The third kappa shape index (κ3) is 3.69. The molecule has 2 aromatic rings. The van der Waals surface area contributed by atoms with Gasteiger partial charge < -0.3 is 0 Å². The van der Waals surface area contributed by atoms with Crippen LogP contribution in [-0.4, -0.2) is 8.42 Å². The van der Waals surface area contributed by atoms with Crippen molar-refractivity contribution in [1.82, 2.24) is 0 Å². The highest BCUT2D eigenvalue weighted by molar-refractivity contribution is 7.92. The largest absolute Gasteiger partial charge is 0.280 e. The number of rotatable bonds is 3. The van der Waals surface area contributed by atoms with Crippen LogP contribution in [0.25, 0.3) is 0 Å². The maximum atomic E-state index is 12.4. The zero-order valence-corrected chi connectivity index (χ0v) is 14.6. The number of nitrogens with one attached hydrogen (secondary N) is 1. The molecule has 0 aliphatic rings. The van der Waals surface area contributed by atoms with E-state index in [1.54, 1.807) is 18.2 Å². The monoisotopic (exact) mass is 317 g/mol. The highest BCUT2D eigenvalue weighted by Crippen LogP contribution is 2.24. The Morgan fingerprint density at radius 2 is 1.45 bits per heavy atom. The summed E-state index contributed by atoms with van der Waals surface area (Å²) in [4.78, 5) is 0.277. The third-order valence-corrected chi connectivity index (χ3v) is 5.19. The summed E-state index contributed by atoms with van der Waals surface area (Å²) in [6, 6.07) is 12.6. The molecule has 0 saturated carbocycles. The molecule has 0 spiro atoms. The first-order valence-electron chi connectivity index (χ1n) is 7.30. The number of hydrogen-bond donors (Lipinski definition) is 1. The molecule has 0 amide bonds. The van der Waals surface area contributed by atoms with Gasteiger partial charge in [-0.3, -0.25) is 4.72 Å². The van der Waals surface area contributed by atoms with Gasteiger partial charge in [-0.2, -0.15) is 0 Å². The number of aryl methyl sites for hydroxylation is 2. The van der Waals surface area contributed by atoms with Gasteiger partial charge in [0.2, 0.25) is 0 Å². The van der Waals surface area contributed by atoms with Crippen molar-refractivity contribution in [2.45, 2.75) is 44.9 Å². The Labute approximate surface area is 133 Å². The smallest absolute Gasteiger partial charge is 0.261 e. The van der Waals surface area contributed by atoms with Crippen LogP contribution < -0.4 is 4.72 Å². The molecule has 0 aliphatic carbocycles. The standard InChI is InChI=1S/C18H23NO2S/c1-13-6-9-16(12-14(13)2)19-22(20,21)17-10-7-15(8-11-17)18(3,4)5/h6-12,19H,1-5H3. The van der Waals surface area contributed by atoms with E-state index in [1.165, 1.54) is 0 Å². The van der Waals surface area contributed by atoms with Crippen molar-refractivity contribution in [3.63, 3.8) is 0 Å². The summed E-state index contributed by atoms with van der Waals surface area (Å²) >= 11 is 0. The normalized spacial score (nSPS) is 12.2. The van der Waals surface area contributed by atoms with Gasteiger partial charge in [0.25, 0.3) is 10.0 Å². The lowest BCUT2D eigenvalue weighted by molar-refractivity contribution is 0.587. The number of anilines is 1. The average molecular weight is 317 g/mol. The zero-order chi connectivity index (χ0) is 16.5. The second-order valence-corrected chi connectivity index (χ2v) is 8.36. The second-order valence-electron chi connectivity index (χ2n) is 6.68. The minimum absolute atomic E-state index is 0.00376. The predicted molar refractivity (Wildman–Crippen MR) is 91.9 cm³/mol. The molecule has 0 saturated heterocycles. The Balaban J connectivity index is 2.28. The van der Waals surface area contributed by atoms with Gasteiger partial charge in [0.05, 0.1) is 4.90 Å². The first-order chi connectivity index (χ1) is 10.1. The van der Waals surface area contributed by atoms with Crippen LogP contribution in [-0.2, 0) is 15.4 Å². The Morgan fingerprint density at radius 3 is 1.95 bits per heavy atom. The van der Waals surface area contributed by atoms with Crippen LogP contribution in [0.4, 0.5) is 5.69 Å². The quantitative estimate of drug-likeness (QED) is 0.912. The molecule has 0 fully saturated rings. The number of sulfonamides is 1. The van der Waals surface area contributed by atoms with Crippen molar-refractivity contribution >= 4 is 15.7 Å². The van der Waals surface area contributed by atoms with E-state index < -0.39 is 10.0 Å². The van der Waals surface area contributed by atoms with Gasteiger partial charge >= 0.3 is 0 Å². The summed E-state index contributed by atoms with van der Waals surface area (Å²) in [7, 11) is -3.56. The Bertz CT molecular complexity index is 770.